The summed E-state index contributed by atoms with van der Waals surface area (Å²) in [5.74, 6) is 5.91. The zero-order valence-corrected chi connectivity index (χ0v) is 19.0. The van der Waals surface area contributed by atoms with E-state index in [2.05, 4.69) is 39.9 Å². The smallest absolute Gasteiger partial charge is 0.0124 e. The molecule has 27 heavy (non-hydrogen) atoms. The van der Waals surface area contributed by atoms with Crippen LogP contribution in [0.25, 0.3) is 0 Å². The van der Waals surface area contributed by atoms with Crippen molar-refractivity contribution in [1.29, 1.82) is 0 Å². The monoisotopic (exact) mass is 373 g/mol. The third kappa shape index (κ3) is 3.43. The van der Waals surface area contributed by atoms with Crippen molar-refractivity contribution in [2.75, 3.05) is 6.54 Å². The standard InChI is InChI=1S/C26H47N/c1-18(2)8-6-9-19(3)21-11-12-22-20-10-13-24-26(5,15-7-17-27-24)23(20)14-16-25(21,22)4/h18-24,27H,6-17H2,1-5H3/t19-,20?,21-,22?,23?,24?,25-,26-/m1/s1. The first-order valence-corrected chi connectivity index (χ1v) is 12.6. The van der Waals surface area contributed by atoms with E-state index in [-0.39, 0.29) is 0 Å². The van der Waals surface area contributed by atoms with Crippen molar-refractivity contribution >= 4 is 0 Å². The van der Waals surface area contributed by atoms with Crippen molar-refractivity contribution in [2.24, 2.45) is 46.3 Å². The number of hydrogen-bond acceptors (Lipinski definition) is 1. The second kappa shape index (κ2) is 7.66. The highest BCUT2D eigenvalue weighted by Crippen LogP contribution is 2.66. The van der Waals surface area contributed by atoms with Crippen LogP contribution in [0.2, 0.25) is 0 Å². The zero-order valence-electron chi connectivity index (χ0n) is 19.0. The quantitative estimate of drug-likeness (QED) is 0.544. The van der Waals surface area contributed by atoms with Gasteiger partial charge in [0.25, 0.3) is 0 Å². The lowest BCUT2D eigenvalue weighted by atomic mass is 9.46. The molecule has 3 aliphatic carbocycles. The van der Waals surface area contributed by atoms with Gasteiger partial charge < -0.3 is 5.32 Å². The fourth-order valence-corrected chi connectivity index (χ4v) is 8.92. The van der Waals surface area contributed by atoms with Crippen LogP contribution in [-0.2, 0) is 0 Å². The molecule has 0 aromatic heterocycles. The van der Waals surface area contributed by atoms with Crippen LogP contribution in [0.4, 0.5) is 0 Å². The maximum atomic E-state index is 3.92. The Bertz CT molecular complexity index is 512. The van der Waals surface area contributed by atoms with Gasteiger partial charge in [-0.15, -0.1) is 0 Å². The van der Waals surface area contributed by atoms with E-state index in [0.717, 1.165) is 41.5 Å². The second-order valence-electron chi connectivity index (χ2n) is 12.1. The molecule has 4 unspecified atom stereocenters. The molecule has 4 rings (SSSR count). The second-order valence-corrected chi connectivity index (χ2v) is 12.1. The first-order valence-electron chi connectivity index (χ1n) is 12.6. The summed E-state index contributed by atoms with van der Waals surface area (Å²) in [5, 5.41) is 3.92. The van der Waals surface area contributed by atoms with Gasteiger partial charge in [-0.05, 0) is 104 Å². The van der Waals surface area contributed by atoms with Crippen LogP contribution in [0.5, 0.6) is 0 Å². The van der Waals surface area contributed by atoms with Crippen LogP contribution in [0.3, 0.4) is 0 Å². The van der Waals surface area contributed by atoms with Crippen molar-refractivity contribution in [1.82, 2.24) is 5.32 Å². The molecule has 4 fully saturated rings. The average molecular weight is 374 g/mol. The minimum Gasteiger partial charge on any atom is -0.313 e. The summed E-state index contributed by atoms with van der Waals surface area (Å²) in [6, 6.07) is 0.823. The molecule has 0 aromatic rings. The molecule has 0 spiro atoms. The molecule has 1 nitrogen and oxygen atoms in total. The molecule has 0 aromatic carbocycles. The third-order valence-electron chi connectivity index (χ3n) is 10.4. The van der Waals surface area contributed by atoms with Gasteiger partial charge in [0.15, 0.2) is 0 Å². The van der Waals surface area contributed by atoms with E-state index in [1.807, 2.05) is 0 Å². The van der Waals surface area contributed by atoms with E-state index in [4.69, 9.17) is 0 Å². The highest BCUT2D eigenvalue weighted by Gasteiger charge is 2.60. The van der Waals surface area contributed by atoms with Gasteiger partial charge in [0.1, 0.15) is 0 Å². The van der Waals surface area contributed by atoms with E-state index in [1.165, 1.54) is 70.8 Å². The van der Waals surface area contributed by atoms with Gasteiger partial charge in [0.2, 0.25) is 0 Å². The Balaban J connectivity index is 1.46. The Morgan fingerprint density at radius 1 is 0.852 bits per heavy atom. The SMILES string of the molecule is CC(C)CCC[C@@H](C)[C@H]1CCC2C3CCC4NCCC[C@]4(C)C3CC[C@@]21C. The van der Waals surface area contributed by atoms with Crippen LogP contribution in [-0.4, -0.2) is 12.6 Å². The third-order valence-corrected chi connectivity index (χ3v) is 10.4. The summed E-state index contributed by atoms with van der Waals surface area (Å²) in [5.41, 5.74) is 1.26. The van der Waals surface area contributed by atoms with E-state index in [1.54, 1.807) is 6.42 Å². The predicted octanol–water partition coefficient (Wildman–Crippen LogP) is 7.06. The van der Waals surface area contributed by atoms with Crippen molar-refractivity contribution in [3.63, 3.8) is 0 Å². The van der Waals surface area contributed by atoms with Crippen molar-refractivity contribution in [3.05, 3.63) is 0 Å². The first kappa shape index (κ1) is 20.2. The van der Waals surface area contributed by atoms with Gasteiger partial charge in [-0.25, -0.2) is 0 Å². The molecule has 1 heteroatoms. The maximum Gasteiger partial charge on any atom is 0.0124 e. The molecule has 0 radical (unpaired) electrons. The van der Waals surface area contributed by atoms with Gasteiger partial charge in [-0.2, -0.15) is 0 Å². The normalized spacial score (nSPS) is 48.0. The largest absolute Gasteiger partial charge is 0.313 e. The van der Waals surface area contributed by atoms with Crippen LogP contribution in [0.1, 0.15) is 105 Å². The minimum atomic E-state index is 0.601. The Labute approximate surface area is 169 Å². The van der Waals surface area contributed by atoms with Gasteiger partial charge in [0, 0.05) is 6.04 Å². The van der Waals surface area contributed by atoms with Gasteiger partial charge in [-0.1, -0.05) is 53.9 Å². The van der Waals surface area contributed by atoms with Crippen LogP contribution in [0, 0.1) is 46.3 Å². The van der Waals surface area contributed by atoms with Crippen molar-refractivity contribution in [2.45, 2.75) is 111 Å². The summed E-state index contributed by atoms with van der Waals surface area (Å²) < 4.78 is 0. The summed E-state index contributed by atoms with van der Waals surface area (Å²) in [7, 11) is 0. The molecule has 1 aliphatic heterocycles. The Morgan fingerprint density at radius 3 is 2.41 bits per heavy atom. The molecule has 0 amide bonds. The fourth-order valence-electron chi connectivity index (χ4n) is 8.92. The lowest BCUT2D eigenvalue weighted by Gasteiger charge is -2.60. The summed E-state index contributed by atoms with van der Waals surface area (Å²) in [4.78, 5) is 0. The highest BCUT2D eigenvalue weighted by molar-refractivity contribution is 5.10. The molecule has 3 saturated carbocycles. The molecule has 156 valence electrons. The number of fused-ring (bicyclic) bond motifs is 5. The highest BCUT2D eigenvalue weighted by atomic mass is 15.0. The van der Waals surface area contributed by atoms with Gasteiger partial charge in [-0.3, -0.25) is 0 Å². The van der Waals surface area contributed by atoms with Gasteiger partial charge in [0.05, 0.1) is 0 Å². The van der Waals surface area contributed by atoms with Gasteiger partial charge >= 0.3 is 0 Å². The number of hydrogen-bond donors (Lipinski definition) is 1. The molecule has 0 bridgehead atoms. The van der Waals surface area contributed by atoms with E-state index >= 15 is 0 Å². The topological polar surface area (TPSA) is 12.0 Å². The molecular weight excluding hydrogens is 326 g/mol. The summed E-state index contributed by atoms with van der Waals surface area (Å²) >= 11 is 0. The van der Waals surface area contributed by atoms with Crippen LogP contribution >= 0.6 is 0 Å². The van der Waals surface area contributed by atoms with Crippen LogP contribution < -0.4 is 5.32 Å². The number of piperidine rings is 1. The summed E-state index contributed by atoms with van der Waals surface area (Å²) in [6.07, 6.45) is 16.4. The minimum absolute atomic E-state index is 0.601. The van der Waals surface area contributed by atoms with Crippen molar-refractivity contribution in [3.8, 4) is 0 Å². The molecule has 8 atom stereocenters. The van der Waals surface area contributed by atoms with E-state index < -0.39 is 0 Å². The maximum absolute atomic E-state index is 3.92. The summed E-state index contributed by atoms with van der Waals surface area (Å²) in [6.45, 7) is 14.1. The Hall–Kier alpha value is -0.0400. The van der Waals surface area contributed by atoms with E-state index in [0.29, 0.717) is 10.8 Å². The van der Waals surface area contributed by atoms with Crippen molar-refractivity contribution < 1.29 is 0 Å². The zero-order chi connectivity index (χ0) is 19.2. The number of rotatable bonds is 5. The Morgan fingerprint density at radius 2 is 1.63 bits per heavy atom. The lowest BCUT2D eigenvalue weighted by Crippen LogP contribution is -2.59. The molecule has 1 N–H and O–H groups in total. The fraction of sp³-hybridized carbons (Fsp3) is 1.00. The lowest BCUT2D eigenvalue weighted by molar-refractivity contribution is -0.0984. The number of nitrogens with one attached hydrogen (secondary N) is 1. The molecule has 4 aliphatic rings. The first-order chi connectivity index (χ1) is 12.9. The average Bonchev–Trinajstić information content (AvgIpc) is 2.98. The Kier molecular flexibility index (Phi) is 5.74. The molecule has 1 saturated heterocycles. The van der Waals surface area contributed by atoms with E-state index in [9.17, 15) is 0 Å². The molecular formula is C26H47N. The predicted molar refractivity (Wildman–Crippen MR) is 117 cm³/mol. The van der Waals surface area contributed by atoms with Crippen LogP contribution in [0.15, 0.2) is 0 Å². The molecule has 1 heterocycles.